The highest BCUT2D eigenvalue weighted by atomic mass is 19.1. The maximum Gasteiger partial charge on any atom is 0.281 e. The molecule has 0 aliphatic heterocycles. The second kappa shape index (κ2) is 5.50. The van der Waals surface area contributed by atoms with Gasteiger partial charge in [-0.1, -0.05) is 13.8 Å². The van der Waals surface area contributed by atoms with Crippen LogP contribution in [0.15, 0.2) is 24.4 Å². The summed E-state index contributed by atoms with van der Waals surface area (Å²) >= 11 is 0. The molecule has 2 unspecified atom stereocenters. The molecule has 1 aromatic carbocycles. The molecular formula is C14H15FN2O3. The fraction of sp³-hybridized carbons (Fsp3) is 0.357. The molecule has 0 bridgehead atoms. The molecule has 1 aromatic heterocycles. The summed E-state index contributed by atoms with van der Waals surface area (Å²) in [5.74, 6) is -1.19. The SMILES string of the molecule is CCC(O)C(C)c1c(F)cc([N+](=O)[O-])c2cccnc12. The molecule has 20 heavy (non-hydrogen) atoms. The highest BCUT2D eigenvalue weighted by Crippen LogP contribution is 2.35. The lowest BCUT2D eigenvalue weighted by molar-refractivity contribution is -0.383. The number of benzene rings is 1. The van der Waals surface area contributed by atoms with Crippen LogP contribution in [-0.4, -0.2) is 21.1 Å². The Bertz CT molecular complexity index is 660. The predicted molar refractivity (Wildman–Crippen MR) is 73.1 cm³/mol. The van der Waals surface area contributed by atoms with E-state index in [-0.39, 0.29) is 22.2 Å². The molecule has 2 atom stereocenters. The highest BCUT2D eigenvalue weighted by Gasteiger charge is 2.26. The maximum atomic E-state index is 14.2. The zero-order valence-electron chi connectivity index (χ0n) is 11.2. The topological polar surface area (TPSA) is 76.3 Å². The molecule has 2 aromatic rings. The minimum Gasteiger partial charge on any atom is -0.393 e. The van der Waals surface area contributed by atoms with Crippen molar-refractivity contribution >= 4 is 16.6 Å². The number of pyridine rings is 1. The molecule has 0 spiro atoms. The summed E-state index contributed by atoms with van der Waals surface area (Å²) in [5, 5.41) is 21.2. The lowest BCUT2D eigenvalue weighted by Crippen LogP contribution is -2.16. The van der Waals surface area contributed by atoms with Gasteiger partial charge in [0, 0.05) is 17.7 Å². The van der Waals surface area contributed by atoms with E-state index in [4.69, 9.17) is 0 Å². The Morgan fingerprint density at radius 3 is 2.85 bits per heavy atom. The summed E-state index contributed by atoms with van der Waals surface area (Å²) in [6.45, 7) is 3.48. The van der Waals surface area contributed by atoms with Crippen LogP contribution in [0.2, 0.25) is 0 Å². The number of fused-ring (bicyclic) bond motifs is 1. The second-order valence-electron chi connectivity index (χ2n) is 4.71. The minimum atomic E-state index is -0.726. The first-order valence-corrected chi connectivity index (χ1v) is 6.37. The molecule has 2 rings (SSSR count). The first kappa shape index (κ1) is 14.3. The van der Waals surface area contributed by atoms with Gasteiger partial charge in [0.05, 0.1) is 28.0 Å². The molecule has 6 heteroatoms. The van der Waals surface area contributed by atoms with Crippen molar-refractivity contribution in [3.8, 4) is 0 Å². The quantitative estimate of drug-likeness (QED) is 0.688. The van der Waals surface area contributed by atoms with Gasteiger partial charge in [-0.15, -0.1) is 0 Å². The van der Waals surface area contributed by atoms with Gasteiger partial charge in [-0.2, -0.15) is 0 Å². The van der Waals surface area contributed by atoms with Gasteiger partial charge in [-0.25, -0.2) is 4.39 Å². The maximum absolute atomic E-state index is 14.2. The van der Waals surface area contributed by atoms with E-state index in [1.54, 1.807) is 19.9 Å². The van der Waals surface area contributed by atoms with Crippen LogP contribution in [-0.2, 0) is 0 Å². The summed E-state index contributed by atoms with van der Waals surface area (Å²) < 4.78 is 14.2. The number of aliphatic hydroxyl groups is 1. The number of aliphatic hydroxyl groups excluding tert-OH is 1. The predicted octanol–water partition coefficient (Wildman–Crippen LogP) is 3.16. The van der Waals surface area contributed by atoms with E-state index in [0.29, 0.717) is 6.42 Å². The summed E-state index contributed by atoms with van der Waals surface area (Å²) in [5.41, 5.74) is 0.146. The number of nitrogens with zero attached hydrogens (tertiary/aromatic N) is 2. The molecule has 0 saturated heterocycles. The van der Waals surface area contributed by atoms with Crippen LogP contribution in [0.25, 0.3) is 10.9 Å². The monoisotopic (exact) mass is 278 g/mol. The van der Waals surface area contributed by atoms with Crippen molar-refractivity contribution in [2.45, 2.75) is 32.3 Å². The third-order valence-electron chi connectivity index (χ3n) is 3.51. The molecule has 0 saturated carbocycles. The Labute approximate surface area is 115 Å². The number of non-ortho nitro benzene ring substituents is 1. The number of nitro benzene ring substituents is 1. The molecule has 0 fully saturated rings. The Morgan fingerprint density at radius 2 is 2.25 bits per heavy atom. The minimum absolute atomic E-state index is 0.223. The number of halogens is 1. The summed E-state index contributed by atoms with van der Waals surface area (Å²) in [6, 6.07) is 4.00. The van der Waals surface area contributed by atoms with Crippen LogP contribution in [0.5, 0.6) is 0 Å². The van der Waals surface area contributed by atoms with Crippen LogP contribution in [0, 0.1) is 15.9 Å². The van der Waals surface area contributed by atoms with Crippen molar-refractivity contribution in [2.75, 3.05) is 0 Å². The van der Waals surface area contributed by atoms with Crippen molar-refractivity contribution in [1.82, 2.24) is 4.98 Å². The van der Waals surface area contributed by atoms with E-state index in [1.807, 2.05) is 0 Å². The van der Waals surface area contributed by atoms with Gasteiger partial charge >= 0.3 is 0 Å². The average Bonchev–Trinajstić information content (AvgIpc) is 2.44. The van der Waals surface area contributed by atoms with Crippen molar-refractivity contribution in [1.29, 1.82) is 0 Å². The summed E-state index contributed by atoms with van der Waals surface area (Å²) in [7, 11) is 0. The fourth-order valence-electron chi connectivity index (χ4n) is 2.35. The van der Waals surface area contributed by atoms with Gasteiger partial charge in [-0.3, -0.25) is 15.1 Å². The van der Waals surface area contributed by atoms with Gasteiger partial charge in [-0.05, 0) is 18.6 Å². The normalized spacial score (nSPS) is 14.2. The summed E-state index contributed by atoms with van der Waals surface area (Å²) in [6.07, 6.45) is 1.20. The average molecular weight is 278 g/mol. The van der Waals surface area contributed by atoms with Crippen LogP contribution < -0.4 is 0 Å². The lowest BCUT2D eigenvalue weighted by Gasteiger charge is -2.19. The van der Waals surface area contributed by atoms with E-state index >= 15 is 0 Å². The van der Waals surface area contributed by atoms with Crippen LogP contribution in [0.4, 0.5) is 10.1 Å². The molecule has 0 aliphatic rings. The highest BCUT2D eigenvalue weighted by molar-refractivity contribution is 5.90. The smallest absolute Gasteiger partial charge is 0.281 e. The molecule has 106 valence electrons. The van der Waals surface area contributed by atoms with Crippen molar-refractivity contribution in [3.05, 3.63) is 45.9 Å². The molecule has 0 amide bonds. The Balaban J connectivity index is 2.76. The number of aromatic nitrogens is 1. The molecule has 5 nitrogen and oxygen atoms in total. The number of hydrogen-bond acceptors (Lipinski definition) is 4. The summed E-state index contributed by atoms with van der Waals surface area (Å²) in [4.78, 5) is 14.4. The van der Waals surface area contributed by atoms with Crippen LogP contribution in [0.1, 0.15) is 31.7 Å². The molecule has 0 radical (unpaired) electrons. The fourth-order valence-corrected chi connectivity index (χ4v) is 2.35. The van der Waals surface area contributed by atoms with E-state index in [0.717, 1.165) is 6.07 Å². The van der Waals surface area contributed by atoms with E-state index < -0.39 is 22.8 Å². The first-order valence-electron chi connectivity index (χ1n) is 6.37. The van der Waals surface area contributed by atoms with Crippen LogP contribution in [0.3, 0.4) is 0 Å². The van der Waals surface area contributed by atoms with Crippen molar-refractivity contribution in [2.24, 2.45) is 0 Å². The van der Waals surface area contributed by atoms with Gasteiger partial charge in [0.15, 0.2) is 0 Å². The Hall–Kier alpha value is -2.08. The van der Waals surface area contributed by atoms with Crippen molar-refractivity contribution < 1.29 is 14.4 Å². The van der Waals surface area contributed by atoms with E-state index in [1.165, 1.54) is 12.3 Å². The van der Waals surface area contributed by atoms with Gasteiger partial charge < -0.3 is 5.11 Å². The molecule has 1 heterocycles. The molecule has 0 aliphatic carbocycles. The van der Waals surface area contributed by atoms with Crippen molar-refractivity contribution in [3.63, 3.8) is 0 Å². The Morgan fingerprint density at radius 1 is 1.55 bits per heavy atom. The second-order valence-corrected chi connectivity index (χ2v) is 4.71. The third-order valence-corrected chi connectivity index (χ3v) is 3.51. The largest absolute Gasteiger partial charge is 0.393 e. The zero-order chi connectivity index (χ0) is 14.9. The lowest BCUT2D eigenvalue weighted by atomic mass is 9.91. The Kier molecular flexibility index (Phi) is 3.94. The number of hydrogen-bond donors (Lipinski definition) is 1. The first-order chi connectivity index (χ1) is 9.47. The van der Waals surface area contributed by atoms with Crippen LogP contribution >= 0.6 is 0 Å². The van der Waals surface area contributed by atoms with E-state index in [9.17, 15) is 19.6 Å². The molecule has 1 N–H and O–H groups in total. The third kappa shape index (κ3) is 2.34. The van der Waals surface area contributed by atoms with E-state index in [2.05, 4.69) is 4.98 Å². The van der Waals surface area contributed by atoms with Gasteiger partial charge in [0.2, 0.25) is 0 Å². The number of nitro groups is 1. The number of rotatable bonds is 4. The van der Waals surface area contributed by atoms with Gasteiger partial charge in [0.25, 0.3) is 5.69 Å². The molecular weight excluding hydrogens is 263 g/mol. The van der Waals surface area contributed by atoms with Gasteiger partial charge in [0.1, 0.15) is 5.82 Å². The zero-order valence-corrected chi connectivity index (χ0v) is 11.2. The standard InChI is InChI=1S/C14H15FN2O3/c1-3-12(18)8(2)13-10(15)7-11(17(19)20)9-5-4-6-16-14(9)13/h4-8,12,18H,3H2,1-2H3.